The number of nitrogens with zero attached hydrogens (tertiary/aromatic N) is 3. The molecular weight excluding hydrogens is 538 g/mol. The van der Waals surface area contributed by atoms with E-state index in [0.717, 1.165) is 19.3 Å². The molecule has 3 amide bonds. The lowest BCUT2D eigenvalue weighted by molar-refractivity contribution is -0.152. The molecule has 3 aliphatic heterocycles. The molecule has 0 aliphatic carbocycles. The van der Waals surface area contributed by atoms with Crippen LogP contribution in [0.2, 0.25) is 0 Å². The minimum Gasteiger partial charge on any atom is -0.394 e. The van der Waals surface area contributed by atoms with E-state index in [9.17, 15) is 19.5 Å². The Hall–Kier alpha value is -1.71. The number of alkyl halides is 1. The summed E-state index contributed by atoms with van der Waals surface area (Å²) in [6.45, 7) is 14.8. The third-order valence-electron chi connectivity index (χ3n) is 8.07. The zero-order valence-corrected chi connectivity index (χ0v) is 24.4. The van der Waals surface area contributed by atoms with Crippen molar-refractivity contribution < 1.29 is 24.2 Å². The number of carbonyl (C=O) groups excluding carboxylic acids is 3. The van der Waals surface area contributed by atoms with Gasteiger partial charge in [0.1, 0.15) is 11.6 Å². The van der Waals surface area contributed by atoms with E-state index in [4.69, 9.17) is 4.74 Å². The third kappa shape index (κ3) is 5.41. The van der Waals surface area contributed by atoms with Crippen molar-refractivity contribution in [2.75, 3.05) is 33.3 Å². The Morgan fingerprint density at radius 2 is 1.92 bits per heavy atom. The topological polar surface area (TPSA) is 90.4 Å². The van der Waals surface area contributed by atoms with Crippen LogP contribution in [0.3, 0.4) is 0 Å². The summed E-state index contributed by atoms with van der Waals surface area (Å²) < 4.78 is 6.61. The van der Waals surface area contributed by atoms with Crippen molar-refractivity contribution in [2.24, 2.45) is 17.8 Å². The molecule has 9 heteroatoms. The summed E-state index contributed by atoms with van der Waals surface area (Å²) in [7, 11) is 1.70. The molecule has 208 valence electrons. The van der Waals surface area contributed by atoms with E-state index in [2.05, 4.69) is 36.0 Å². The summed E-state index contributed by atoms with van der Waals surface area (Å²) in [5.74, 6) is -1.92. The van der Waals surface area contributed by atoms with Crippen LogP contribution in [0.4, 0.5) is 0 Å². The number of rotatable bonds is 14. The Labute approximate surface area is 230 Å². The zero-order chi connectivity index (χ0) is 27.5. The van der Waals surface area contributed by atoms with Crippen LogP contribution in [0, 0.1) is 17.8 Å². The first-order valence-electron chi connectivity index (χ1n) is 13.6. The molecule has 0 saturated carbocycles. The Kier molecular flexibility index (Phi) is 10.0. The first-order valence-corrected chi connectivity index (χ1v) is 14.5. The maximum Gasteiger partial charge on any atom is 0.248 e. The number of aliphatic hydroxyl groups is 1. The highest BCUT2D eigenvalue weighted by Crippen LogP contribution is 2.61. The summed E-state index contributed by atoms with van der Waals surface area (Å²) in [4.78, 5) is 46.9. The molecule has 0 aromatic rings. The van der Waals surface area contributed by atoms with Gasteiger partial charge in [-0.15, -0.1) is 13.2 Å². The largest absolute Gasteiger partial charge is 0.394 e. The molecule has 8 nitrogen and oxygen atoms in total. The molecule has 37 heavy (non-hydrogen) atoms. The molecule has 3 unspecified atom stereocenters. The molecule has 0 radical (unpaired) electrons. The van der Waals surface area contributed by atoms with Crippen molar-refractivity contribution in [3.05, 3.63) is 25.3 Å². The molecule has 0 aromatic heterocycles. The number of amides is 3. The highest BCUT2D eigenvalue weighted by molar-refractivity contribution is 9.09. The number of hydrogen-bond donors (Lipinski definition) is 1. The molecule has 2 bridgehead atoms. The number of hydrogen-bond acceptors (Lipinski definition) is 5. The van der Waals surface area contributed by atoms with Gasteiger partial charge < -0.3 is 24.5 Å². The van der Waals surface area contributed by atoms with Gasteiger partial charge in [-0.25, -0.2) is 0 Å². The van der Waals surface area contributed by atoms with E-state index in [1.165, 1.54) is 0 Å². The van der Waals surface area contributed by atoms with Gasteiger partial charge in [-0.05, 0) is 25.2 Å². The van der Waals surface area contributed by atoms with Crippen LogP contribution < -0.4 is 0 Å². The highest BCUT2D eigenvalue weighted by atomic mass is 79.9. The predicted octanol–water partition coefficient (Wildman–Crippen LogP) is 2.99. The molecule has 1 spiro atoms. The van der Waals surface area contributed by atoms with Crippen LogP contribution in [-0.4, -0.2) is 99.4 Å². The summed E-state index contributed by atoms with van der Waals surface area (Å²) in [5, 5.41) is 10.4. The first-order chi connectivity index (χ1) is 17.6. The van der Waals surface area contributed by atoms with E-state index in [0.29, 0.717) is 32.5 Å². The quantitative estimate of drug-likeness (QED) is 0.193. The fourth-order valence-corrected chi connectivity index (χ4v) is 7.50. The van der Waals surface area contributed by atoms with Crippen LogP contribution >= 0.6 is 15.9 Å². The second kappa shape index (κ2) is 12.4. The average Bonchev–Trinajstić information content (AvgIpc) is 3.44. The zero-order valence-electron chi connectivity index (χ0n) is 22.8. The van der Waals surface area contributed by atoms with Gasteiger partial charge in [-0.1, -0.05) is 61.7 Å². The molecule has 3 aliphatic rings. The summed E-state index contributed by atoms with van der Waals surface area (Å²) >= 11 is 3.72. The molecule has 3 fully saturated rings. The van der Waals surface area contributed by atoms with Crippen LogP contribution in [0.5, 0.6) is 0 Å². The van der Waals surface area contributed by atoms with Crippen molar-refractivity contribution in [2.45, 2.75) is 81.5 Å². The van der Waals surface area contributed by atoms with Crippen molar-refractivity contribution in [1.82, 2.24) is 14.7 Å². The van der Waals surface area contributed by atoms with Gasteiger partial charge in [0.15, 0.2) is 0 Å². The second-order valence-electron chi connectivity index (χ2n) is 11.2. The van der Waals surface area contributed by atoms with Crippen molar-refractivity contribution in [3.63, 3.8) is 0 Å². The van der Waals surface area contributed by atoms with E-state index in [-0.39, 0.29) is 35.1 Å². The third-order valence-corrected chi connectivity index (χ3v) is 8.91. The maximum atomic E-state index is 14.3. The predicted molar refractivity (Wildman–Crippen MR) is 147 cm³/mol. The van der Waals surface area contributed by atoms with E-state index < -0.39 is 35.6 Å². The monoisotopic (exact) mass is 581 g/mol. The van der Waals surface area contributed by atoms with Gasteiger partial charge >= 0.3 is 0 Å². The Morgan fingerprint density at radius 1 is 1.24 bits per heavy atom. The number of carbonyl (C=O) groups is 3. The molecule has 3 saturated heterocycles. The SMILES string of the molecule is C=CCN(C)C(=O)[C@H]1[C@H]2C(=O)N([C@@H](CO)CC(C)C)C(C(=O)N(CC=C)CCCCC)C23CC(Br)[C@@H]1O3. The van der Waals surface area contributed by atoms with E-state index in [1.54, 1.807) is 33.9 Å². The molecule has 0 aromatic carbocycles. The minimum absolute atomic E-state index is 0.163. The Morgan fingerprint density at radius 3 is 2.49 bits per heavy atom. The van der Waals surface area contributed by atoms with E-state index >= 15 is 0 Å². The van der Waals surface area contributed by atoms with Gasteiger partial charge in [0.2, 0.25) is 17.7 Å². The number of likely N-dealkylation sites (N-methyl/N-ethyl adjacent to an activating group) is 1. The number of likely N-dealkylation sites (tertiary alicyclic amines) is 1. The molecule has 7 atom stereocenters. The lowest BCUT2D eigenvalue weighted by atomic mass is 9.70. The van der Waals surface area contributed by atoms with Crippen molar-refractivity contribution in [3.8, 4) is 0 Å². The summed E-state index contributed by atoms with van der Waals surface area (Å²) in [6, 6.07) is -1.45. The normalized spacial score (nSPS) is 30.9. The maximum absolute atomic E-state index is 14.3. The second-order valence-corrected chi connectivity index (χ2v) is 12.3. The number of unbranched alkanes of at least 4 members (excludes halogenated alkanes) is 2. The van der Waals surface area contributed by atoms with Crippen LogP contribution in [0.15, 0.2) is 25.3 Å². The Bertz CT molecular complexity index is 882. The molecule has 3 heterocycles. The molecular formula is C28H44BrN3O5. The van der Waals surface area contributed by atoms with Gasteiger partial charge in [0, 0.05) is 31.5 Å². The molecule has 3 rings (SSSR count). The van der Waals surface area contributed by atoms with Gasteiger partial charge in [0.25, 0.3) is 0 Å². The van der Waals surface area contributed by atoms with Crippen molar-refractivity contribution in [1.29, 1.82) is 0 Å². The summed E-state index contributed by atoms with van der Waals surface area (Å²) in [6.07, 6.45) is 6.70. The highest BCUT2D eigenvalue weighted by Gasteiger charge is 2.77. The Balaban J connectivity index is 2.10. The molecule has 1 N–H and O–H groups in total. The smallest absolute Gasteiger partial charge is 0.248 e. The number of halogens is 1. The standard InChI is InChI=1S/C28H44BrN3O5/c1-7-10-11-14-31(13-9-3)27(36)24-28-16-20(29)23(37-28)21(25(34)30(6)12-8-2)22(28)26(35)32(24)19(17-33)15-18(4)5/h8-9,18-24,33H,2-3,7,10-17H2,1,4-6H3/t19-,20?,21+,22+,23+,24?,28?/m1/s1. The fraction of sp³-hybridized carbons (Fsp3) is 0.750. The first kappa shape index (κ1) is 29.8. The van der Waals surface area contributed by atoms with Crippen LogP contribution in [0.25, 0.3) is 0 Å². The number of ether oxygens (including phenoxy) is 1. The average molecular weight is 583 g/mol. The lowest BCUT2D eigenvalue weighted by Gasteiger charge is -2.40. The van der Waals surface area contributed by atoms with Gasteiger partial charge in [-0.2, -0.15) is 0 Å². The van der Waals surface area contributed by atoms with E-state index in [1.807, 2.05) is 13.8 Å². The van der Waals surface area contributed by atoms with Gasteiger partial charge in [0.05, 0.1) is 30.6 Å². The summed E-state index contributed by atoms with van der Waals surface area (Å²) in [5.41, 5.74) is -1.13. The lowest BCUT2D eigenvalue weighted by Crippen LogP contribution is -2.59. The minimum atomic E-state index is -1.13. The fourth-order valence-electron chi connectivity index (χ4n) is 6.55. The van der Waals surface area contributed by atoms with Crippen LogP contribution in [0.1, 0.15) is 52.9 Å². The number of fused-ring (bicyclic) bond motifs is 1. The van der Waals surface area contributed by atoms with Crippen molar-refractivity contribution >= 4 is 33.7 Å². The van der Waals surface area contributed by atoms with Gasteiger partial charge in [-0.3, -0.25) is 14.4 Å². The van der Waals surface area contributed by atoms with Crippen LogP contribution in [-0.2, 0) is 19.1 Å². The number of aliphatic hydroxyl groups excluding tert-OH is 1.